The fraction of sp³-hybridized carbons (Fsp3) is 0.725. The van der Waals surface area contributed by atoms with E-state index in [9.17, 15) is 9.90 Å². The summed E-state index contributed by atoms with van der Waals surface area (Å²) < 4.78 is 11.4. The molecule has 1 N–H and O–H groups in total. The van der Waals surface area contributed by atoms with Crippen molar-refractivity contribution in [3.8, 4) is 11.5 Å². The summed E-state index contributed by atoms with van der Waals surface area (Å²) in [5.41, 5.74) is 4.08. The van der Waals surface area contributed by atoms with Gasteiger partial charge in [0, 0.05) is 11.5 Å². The van der Waals surface area contributed by atoms with E-state index in [4.69, 9.17) is 9.47 Å². The van der Waals surface area contributed by atoms with Crippen LogP contribution < -0.4 is 4.74 Å². The second-order valence-electron chi connectivity index (χ2n) is 17.0. The topological polar surface area (TPSA) is 55.8 Å². The highest BCUT2D eigenvalue weighted by atomic mass is 16.5. The van der Waals surface area contributed by atoms with Gasteiger partial charge in [-0.25, -0.2) is 4.79 Å². The van der Waals surface area contributed by atoms with Crippen LogP contribution in [-0.2, 0) is 9.53 Å². The Labute approximate surface area is 267 Å². The number of carbonyl (C=O) groups is 1. The molecule has 242 valence electrons. The molecular formula is C40H58O4. The zero-order chi connectivity index (χ0) is 31.7. The molecule has 0 heterocycles. The summed E-state index contributed by atoms with van der Waals surface area (Å²) in [5, 5.41) is 9.88. The van der Waals surface area contributed by atoms with Gasteiger partial charge in [-0.3, -0.25) is 0 Å². The number of methoxy groups -OCH3 is 1. The number of carbonyl (C=O) groups excluding carboxylic acids is 1. The van der Waals surface area contributed by atoms with Gasteiger partial charge in [-0.15, -0.1) is 0 Å². The highest BCUT2D eigenvalue weighted by Crippen LogP contribution is 2.89. The number of phenolic OH excluding ortho intramolecular Hbond substituents is 1. The first kappa shape index (κ1) is 31.7. The van der Waals surface area contributed by atoms with Gasteiger partial charge < -0.3 is 14.6 Å². The molecule has 5 fully saturated rings. The average Bonchev–Trinajstić information content (AvgIpc) is 3.55. The highest BCUT2D eigenvalue weighted by molar-refractivity contribution is 5.87. The predicted molar refractivity (Wildman–Crippen MR) is 178 cm³/mol. The van der Waals surface area contributed by atoms with Crippen LogP contribution in [0.5, 0.6) is 11.5 Å². The Morgan fingerprint density at radius 3 is 2.43 bits per heavy atom. The van der Waals surface area contributed by atoms with Crippen molar-refractivity contribution in [3.63, 3.8) is 0 Å². The maximum absolute atomic E-state index is 13.1. The van der Waals surface area contributed by atoms with Crippen molar-refractivity contribution >= 4 is 12.0 Å². The number of phenols is 1. The molecule has 5 saturated carbocycles. The van der Waals surface area contributed by atoms with E-state index in [1.807, 2.05) is 0 Å². The first-order valence-corrected chi connectivity index (χ1v) is 17.6. The van der Waals surface area contributed by atoms with Crippen LogP contribution in [-0.4, -0.2) is 24.3 Å². The third-order valence-electron chi connectivity index (χ3n) is 14.8. The van der Waals surface area contributed by atoms with Crippen LogP contribution in [0.4, 0.5) is 0 Å². The smallest absolute Gasteiger partial charge is 0.331 e. The molecule has 0 aliphatic heterocycles. The van der Waals surface area contributed by atoms with Crippen molar-refractivity contribution in [1.29, 1.82) is 0 Å². The van der Waals surface area contributed by atoms with Crippen LogP contribution in [0.2, 0.25) is 0 Å². The maximum Gasteiger partial charge on any atom is 0.331 e. The Kier molecular flexibility index (Phi) is 7.89. The van der Waals surface area contributed by atoms with E-state index in [1.165, 1.54) is 83.0 Å². The summed E-state index contributed by atoms with van der Waals surface area (Å²) in [4.78, 5) is 13.1. The number of allylic oxidation sites excluding steroid dienone is 2. The average molecular weight is 603 g/mol. The Morgan fingerprint density at radius 1 is 0.977 bits per heavy atom. The quantitative estimate of drug-likeness (QED) is 0.183. The van der Waals surface area contributed by atoms with E-state index in [1.54, 1.807) is 24.3 Å². The van der Waals surface area contributed by atoms with Gasteiger partial charge >= 0.3 is 5.97 Å². The van der Waals surface area contributed by atoms with Gasteiger partial charge in [0.05, 0.1) is 7.11 Å². The summed E-state index contributed by atoms with van der Waals surface area (Å²) in [6, 6.07) is 5.09. The number of aromatic hydroxyl groups is 1. The van der Waals surface area contributed by atoms with Crippen molar-refractivity contribution in [2.75, 3.05) is 7.11 Å². The van der Waals surface area contributed by atoms with Crippen molar-refractivity contribution in [2.24, 2.45) is 50.7 Å². The Balaban J connectivity index is 1.15. The third-order valence-corrected chi connectivity index (χ3v) is 14.8. The summed E-state index contributed by atoms with van der Waals surface area (Å²) in [6.07, 6.45) is 20.1. The van der Waals surface area contributed by atoms with Crippen LogP contribution in [0.25, 0.3) is 6.08 Å². The number of benzene rings is 1. The van der Waals surface area contributed by atoms with Gasteiger partial charge in [0.15, 0.2) is 11.5 Å². The molecule has 1 aromatic carbocycles. The number of rotatable bonds is 8. The Hall–Kier alpha value is -2.23. The lowest BCUT2D eigenvalue weighted by atomic mass is 9.41. The number of fused-ring (bicyclic) bond motifs is 2. The first-order chi connectivity index (χ1) is 20.7. The molecule has 0 unspecified atom stereocenters. The van der Waals surface area contributed by atoms with Crippen LogP contribution in [0.3, 0.4) is 0 Å². The SMILES string of the molecule is COc1cc(C=CC(=O)O[C@H]2CC[C@]34C[C@]35CC[C@]3(C)[C@@H]([C@H](C)CCC=C(C)C)CC[C@@]3(C)[C@@H]5CC[C@H]4C2(C)C)ccc1O. The normalized spacial score (nSPS) is 40.6. The largest absolute Gasteiger partial charge is 0.504 e. The van der Waals surface area contributed by atoms with Crippen LogP contribution in [0.15, 0.2) is 35.9 Å². The van der Waals surface area contributed by atoms with Gasteiger partial charge in [-0.05, 0) is 154 Å². The number of hydrogen-bond acceptors (Lipinski definition) is 4. The third kappa shape index (κ3) is 4.62. The van der Waals surface area contributed by atoms with E-state index < -0.39 is 0 Å². The molecule has 6 rings (SSSR count). The number of esters is 1. The molecule has 9 atom stereocenters. The lowest BCUT2D eigenvalue weighted by molar-refractivity contribution is -0.179. The van der Waals surface area contributed by atoms with Crippen LogP contribution in [0, 0.1) is 50.7 Å². The van der Waals surface area contributed by atoms with Gasteiger partial charge in [0.2, 0.25) is 0 Å². The Bertz CT molecular complexity index is 1340. The summed E-state index contributed by atoms with van der Waals surface area (Å²) in [6.45, 7) is 17.2. The lowest BCUT2D eigenvalue weighted by Crippen LogP contribution is -2.58. The van der Waals surface area contributed by atoms with Gasteiger partial charge in [-0.1, -0.05) is 52.3 Å². The van der Waals surface area contributed by atoms with Crippen molar-refractivity contribution in [2.45, 2.75) is 125 Å². The fourth-order valence-corrected chi connectivity index (χ4v) is 12.5. The second-order valence-corrected chi connectivity index (χ2v) is 17.0. The lowest BCUT2D eigenvalue weighted by Gasteiger charge is -2.63. The number of ether oxygens (including phenoxy) is 2. The molecule has 1 aromatic rings. The van der Waals surface area contributed by atoms with E-state index in [2.05, 4.69) is 54.5 Å². The van der Waals surface area contributed by atoms with Gasteiger partial charge in [-0.2, -0.15) is 0 Å². The first-order valence-electron chi connectivity index (χ1n) is 17.6. The molecule has 0 amide bonds. The van der Waals surface area contributed by atoms with E-state index in [-0.39, 0.29) is 23.2 Å². The van der Waals surface area contributed by atoms with E-state index >= 15 is 0 Å². The molecule has 0 radical (unpaired) electrons. The second kappa shape index (κ2) is 10.9. The minimum absolute atomic E-state index is 0.0305. The minimum atomic E-state index is -0.276. The summed E-state index contributed by atoms with van der Waals surface area (Å²) >= 11 is 0. The zero-order valence-electron chi connectivity index (χ0n) is 28.8. The zero-order valence-corrected chi connectivity index (χ0v) is 28.8. The Morgan fingerprint density at radius 2 is 1.70 bits per heavy atom. The van der Waals surface area contributed by atoms with Crippen LogP contribution >= 0.6 is 0 Å². The molecular weight excluding hydrogens is 544 g/mol. The van der Waals surface area contributed by atoms with Crippen LogP contribution in [0.1, 0.15) is 125 Å². The van der Waals surface area contributed by atoms with Crippen molar-refractivity contribution in [3.05, 3.63) is 41.5 Å². The molecule has 0 aromatic heterocycles. The fourth-order valence-electron chi connectivity index (χ4n) is 12.5. The van der Waals surface area contributed by atoms with E-state index in [0.717, 1.165) is 29.7 Å². The molecule has 44 heavy (non-hydrogen) atoms. The molecule has 4 heteroatoms. The number of hydrogen-bond donors (Lipinski definition) is 1. The molecule has 5 aliphatic rings. The molecule has 5 aliphatic carbocycles. The molecule has 4 nitrogen and oxygen atoms in total. The summed E-state index contributed by atoms with van der Waals surface area (Å²) in [7, 11) is 1.53. The minimum Gasteiger partial charge on any atom is -0.504 e. The van der Waals surface area contributed by atoms with Gasteiger partial charge in [0.25, 0.3) is 0 Å². The highest BCUT2D eigenvalue weighted by Gasteiger charge is 2.82. The molecule has 0 saturated heterocycles. The molecule has 2 spiro atoms. The standard InChI is InChI=1S/C40H58O4/c1-26(2)10-9-11-27(3)29-18-20-38(7)33-16-15-32-36(4,5)34(19-21-39(32)25-40(33,39)23-22-37(29,38)6)44-35(42)17-13-28-12-14-30(41)31(24-28)43-8/h10,12-14,17,24,27,29,32-34,41H,9,11,15-16,18-23,25H2,1-8H3/t27-,29-,32+,33+,34+,37-,38+,39-,40+/m1/s1. The van der Waals surface area contributed by atoms with E-state index in [0.29, 0.717) is 33.3 Å². The van der Waals surface area contributed by atoms with Crippen molar-refractivity contribution in [1.82, 2.24) is 0 Å². The monoisotopic (exact) mass is 602 g/mol. The van der Waals surface area contributed by atoms with Gasteiger partial charge in [0.1, 0.15) is 6.10 Å². The molecule has 0 bridgehead atoms. The predicted octanol–water partition coefficient (Wildman–Crippen LogP) is 10.1. The summed E-state index contributed by atoms with van der Waals surface area (Å²) in [5.74, 6) is 3.33. The maximum atomic E-state index is 13.1. The van der Waals surface area contributed by atoms with Crippen molar-refractivity contribution < 1.29 is 19.4 Å².